The molecule has 0 amide bonds. The summed E-state index contributed by atoms with van der Waals surface area (Å²) in [6.45, 7) is 6.28. The summed E-state index contributed by atoms with van der Waals surface area (Å²) >= 11 is 1.40. The van der Waals surface area contributed by atoms with E-state index in [0.29, 0.717) is 17.3 Å². The lowest BCUT2D eigenvalue weighted by molar-refractivity contribution is 0.0995. The maximum atomic E-state index is 13.0. The van der Waals surface area contributed by atoms with Crippen molar-refractivity contribution in [3.8, 4) is 11.4 Å². The van der Waals surface area contributed by atoms with Crippen LogP contribution in [0, 0.1) is 0 Å². The molecule has 0 aliphatic heterocycles. The number of Topliss-reactive ketones (excluding diaryl/α,β-unsaturated/α-hetero) is 1. The molecule has 140 valence electrons. The Morgan fingerprint density at radius 2 is 2.04 bits per heavy atom. The van der Waals surface area contributed by atoms with Crippen LogP contribution >= 0.6 is 11.8 Å². The van der Waals surface area contributed by atoms with Gasteiger partial charge in [0.25, 0.3) is 0 Å². The summed E-state index contributed by atoms with van der Waals surface area (Å²) in [5.74, 6) is 0.789. The van der Waals surface area contributed by atoms with E-state index in [9.17, 15) is 4.79 Å². The molecule has 0 saturated heterocycles. The molecule has 0 saturated carbocycles. The van der Waals surface area contributed by atoms with Crippen LogP contribution in [0.3, 0.4) is 0 Å². The third-order valence-electron chi connectivity index (χ3n) is 4.47. The number of fused-ring (bicyclic) bond motifs is 1. The highest BCUT2D eigenvalue weighted by Crippen LogP contribution is 2.29. The number of thioether (sulfide) groups is 1. The lowest BCUT2D eigenvalue weighted by atomic mass is 10.1. The molecule has 1 N–H and O–H groups in total. The molecule has 0 fully saturated rings. The van der Waals surface area contributed by atoms with Gasteiger partial charge in [0.1, 0.15) is 0 Å². The summed E-state index contributed by atoms with van der Waals surface area (Å²) < 4.78 is 1.96. The van der Waals surface area contributed by atoms with Crippen molar-refractivity contribution in [2.45, 2.75) is 23.9 Å². The van der Waals surface area contributed by atoms with Crippen LogP contribution in [0.5, 0.6) is 0 Å². The van der Waals surface area contributed by atoms with E-state index >= 15 is 0 Å². The molecule has 3 aromatic heterocycles. The average molecular weight is 389 g/mol. The average Bonchev–Trinajstić information content (AvgIpc) is 3.33. The van der Waals surface area contributed by atoms with Crippen molar-refractivity contribution in [1.29, 1.82) is 0 Å². The Hall–Kier alpha value is -3.19. The van der Waals surface area contributed by atoms with Gasteiger partial charge in [-0.05, 0) is 25.1 Å². The zero-order valence-electron chi connectivity index (χ0n) is 15.4. The number of nitrogens with zero attached hydrogens (tertiary/aromatic N) is 4. The number of H-pyrrole nitrogens is 1. The lowest BCUT2D eigenvalue weighted by Crippen LogP contribution is -2.14. The van der Waals surface area contributed by atoms with Gasteiger partial charge in [0.15, 0.2) is 16.8 Å². The first-order valence-corrected chi connectivity index (χ1v) is 9.78. The van der Waals surface area contributed by atoms with Gasteiger partial charge in [-0.15, -0.1) is 16.8 Å². The second-order valence-electron chi connectivity index (χ2n) is 6.31. The van der Waals surface area contributed by atoms with Crippen molar-refractivity contribution in [3.05, 3.63) is 73.2 Å². The van der Waals surface area contributed by atoms with Crippen molar-refractivity contribution in [2.75, 3.05) is 0 Å². The fourth-order valence-electron chi connectivity index (χ4n) is 3.09. The van der Waals surface area contributed by atoms with Crippen LogP contribution in [0.1, 0.15) is 17.3 Å². The highest BCUT2D eigenvalue weighted by molar-refractivity contribution is 8.00. The number of carbonyl (C=O) groups excluding carboxylic acids is 1. The van der Waals surface area contributed by atoms with Gasteiger partial charge in [0.05, 0.1) is 5.25 Å². The predicted molar refractivity (Wildman–Crippen MR) is 111 cm³/mol. The van der Waals surface area contributed by atoms with Gasteiger partial charge in [0, 0.05) is 47.2 Å². The maximum Gasteiger partial charge on any atom is 0.192 e. The highest BCUT2D eigenvalue weighted by Gasteiger charge is 2.23. The summed E-state index contributed by atoms with van der Waals surface area (Å²) in [4.78, 5) is 20.3. The molecule has 4 rings (SSSR count). The number of benzene rings is 1. The van der Waals surface area contributed by atoms with Gasteiger partial charge in [-0.25, -0.2) is 0 Å². The smallest absolute Gasteiger partial charge is 0.192 e. The van der Waals surface area contributed by atoms with Crippen molar-refractivity contribution >= 4 is 28.4 Å². The molecule has 1 aromatic carbocycles. The van der Waals surface area contributed by atoms with E-state index < -0.39 is 0 Å². The minimum atomic E-state index is -0.308. The molecule has 3 heterocycles. The summed E-state index contributed by atoms with van der Waals surface area (Å²) in [6.07, 6.45) is 7.02. The molecule has 0 unspecified atom stereocenters. The number of aromatic nitrogens is 5. The molecular weight excluding hydrogens is 370 g/mol. The molecule has 1 atom stereocenters. The molecule has 0 radical (unpaired) electrons. The first-order valence-electron chi connectivity index (χ1n) is 8.90. The Kier molecular flexibility index (Phi) is 5.08. The predicted octanol–water partition coefficient (Wildman–Crippen LogP) is 4.37. The van der Waals surface area contributed by atoms with Crippen LogP contribution in [0.15, 0.2) is 72.8 Å². The van der Waals surface area contributed by atoms with E-state index in [-0.39, 0.29) is 11.0 Å². The van der Waals surface area contributed by atoms with Crippen LogP contribution < -0.4 is 0 Å². The van der Waals surface area contributed by atoms with Gasteiger partial charge in [-0.3, -0.25) is 14.3 Å². The molecule has 0 spiro atoms. The van der Waals surface area contributed by atoms with Gasteiger partial charge in [-0.2, -0.15) is 0 Å². The maximum absolute atomic E-state index is 13.0. The quantitative estimate of drug-likeness (QED) is 0.288. The number of ketones is 1. The minimum absolute atomic E-state index is 0.0565. The lowest BCUT2D eigenvalue weighted by Gasteiger charge is -2.11. The van der Waals surface area contributed by atoms with E-state index in [1.165, 1.54) is 11.8 Å². The van der Waals surface area contributed by atoms with Crippen LogP contribution in [0.25, 0.3) is 22.3 Å². The van der Waals surface area contributed by atoms with E-state index in [1.807, 2.05) is 47.9 Å². The van der Waals surface area contributed by atoms with Crippen LogP contribution in [0.2, 0.25) is 0 Å². The van der Waals surface area contributed by atoms with Gasteiger partial charge >= 0.3 is 0 Å². The highest BCUT2D eigenvalue weighted by atomic mass is 32.2. The number of hydrogen-bond donors (Lipinski definition) is 1. The Bertz CT molecular complexity index is 1130. The van der Waals surface area contributed by atoms with Crippen LogP contribution in [-0.2, 0) is 6.54 Å². The van der Waals surface area contributed by atoms with Crippen LogP contribution in [-0.4, -0.2) is 35.8 Å². The summed E-state index contributed by atoms with van der Waals surface area (Å²) in [5, 5.41) is 9.97. The number of nitrogens with one attached hydrogen (secondary N) is 1. The Morgan fingerprint density at radius 3 is 2.82 bits per heavy atom. The zero-order valence-corrected chi connectivity index (χ0v) is 16.2. The number of carbonyl (C=O) groups is 1. The second kappa shape index (κ2) is 7.82. The molecule has 0 aliphatic carbocycles. The SMILES string of the molecule is C=CCn1c(S[C@H](C)C(=O)c2c[nH]c3ccccc23)nnc1-c1ccncc1. The number of aromatic amines is 1. The summed E-state index contributed by atoms with van der Waals surface area (Å²) in [6, 6.07) is 11.6. The number of allylic oxidation sites excluding steroid dienone is 1. The van der Waals surface area contributed by atoms with Crippen molar-refractivity contribution in [2.24, 2.45) is 0 Å². The minimum Gasteiger partial charge on any atom is -0.360 e. The van der Waals surface area contributed by atoms with Crippen molar-refractivity contribution < 1.29 is 4.79 Å². The molecule has 28 heavy (non-hydrogen) atoms. The van der Waals surface area contributed by atoms with E-state index in [2.05, 4.69) is 26.7 Å². The molecule has 7 heteroatoms. The zero-order chi connectivity index (χ0) is 19.5. The Labute approximate surface area is 166 Å². The third-order valence-corrected chi connectivity index (χ3v) is 5.55. The monoisotopic (exact) mass is 389 g/mol. The summed E-state index contributed by atoms with van der Waals surface area (Å²) in [5.41, 5.74) is 2.57. The Morgan fingerprint density at radius 1 is 1.25 bits per heavy atom. The largest absolute Gasteiger partial charge is 0.360 e. The topological polar surface area (TPSA) is 76.5 Å². The molecular formula is C21H19N5OS. The fourth-order valence-corrected chi connectivity index (χ4v) is 4.02. The Balaban J connectivity index is 1.62. The number of rotatable bonds is 7. The van der Waals surface area contributed by atoms with Crippen LogP contribution in [0.4, 0.5) is 0 Å². The first kappa shape index (κ1) is 18.2. The van der Waals surface area contributed by atoms with Gasteiger partial charge in [0.2, 0.25) is 0 Å². The van der Waals surface area contributed by atoms with Gasteiger partial charge < -0.3 is 4.98 Å². The second-order valence-corrected chi connectivity index (χ2v) is 7.62. The number of hydrogen-bond acceptors (Lipinski definition) is 5. The third kappa shape index (κ3) is 3.36. The molecule has 0 aliphatic rings. The van der Waals surface area contributed by atoms with E-state index in [4.69, 9.17) is 0 Å². The van der Waals surface area contributed by atoms with E-state index in [1.54, 1.807) is 24.7 Å². The van der Waals surface area contributed by atoms with Crippen molar-refractivity contribution in [3.63, 3.8) is 0 Å². The molecule has 4 aromatic rings. The normalized spacial score (nSPS) is 12.2. The fraction of sp³-hybridized carbons (Fsp3) is 0.143. The molecule has 6 nitrogen and oxygen atoms in total. The van der Waals surface area contributed by atoms with E-state index in [0.717, 1.165) is 22.3 Å². The summed E-state index contributed by atoms with van der Waals surface area (Å²) in [7, 11) is 0. The standard InChI is InChI=1S/C21H19N5OS/c1-3-12-26-20(15-8-10-22-11-9-15)24-25-21(26)28-14(2)19(27)17-13-23-18-7-5-4-6-16(17)18/h3-11,13-14,23H,1,12H2,2H3/t14-/m1/s1. The van der Waals surface area contributed by atoms with Gasteiger partial charge in [-0.1, -0.05) is 36.0 Å². The number of pyridine rings is 1. The number of para-hydroxylation sites is 1. The van der Waals surface area contributed by atoms with Crippen molar-refractivity contribution in [1.82, 2.24) is 24.7 Å². The first-order chi connectivity index (χ1) is 13.7. The molecule has 0 bridgehead atoms.